The maximum Gasteiger partial charge on any atom is 0.129 e. The molecule has 74 valence electrons. The molecule has 0 aliphatic rings. The van der Waals surface area contributed by atoms with Crippen molar-refractivity contribution in [3.05, 3.63) is 29.0 Å². The second kappa shape index (κ2) is 4.45. The molecule has 0 spiro atoms. The summed E-state index contributed by atoms with van der Waals surface area (Å²) in [5.74, 6) is 2.56. The number of rotatable bonds is 3. The van der Waals surface area contributed by atoms with Crippen molar-refractivity contribution in [3.63, 3.8) is 0 Å². The molecule has 1 aromatic heterocycles. The number of aromatic nitrogens is 1. The monoisotopic (exact) mass is 209 g/mol. The fourth-order valence-corrected chi connectivity index (χ4v) is 1.03. The minimum absolute atomic E-state index is 0.444. The number of ether oxygens (including phenoxy) is 1. The molecule has 0 aliphatic heterocycles. The third-order valence-electron chi connectivity index (χ3n) is 1.74. The second-order valence-electron chi connectivity index (χ2n) is 3.43. The molecule has 0 saturated carbocycles. The van der Waals surface area contributed by atoms with Gasteiger partial charge in [0.2, 0.25) is 0 Å². The van der Waals surface area contributed by atoms with Crippen LogP contribution in [-0.2, 0) is 11.3 Å². The predicted octanol–water partition coefficient (Wildman–Crippen LogP) is 2.66. The Labute approximate surface area is 89.3 Å². The molecule has 3 heteroatoms. The Morgan fingerprint density at radius 1 is 1.64 bits per heavy atom. The molecule has 0 amide bonds. The van der Waals surface area contributed by atoms with Crippen LogP contribution < -0.4 is 0 Å². The normalized spacial score (nSPS) is 11.0. The van der Waals surface area contributed by atoms with Gasteiger partial charge in [-0.05, 0) is 31.5 Å². The third kappa shape index (κ3) is 3.37. The first-order chi connectivity index (χ1) is 6.53. The average Bonchev–Trinajstić information content (AvgIpc) is 2.15. The largest absolute Gasteiger partial charge is 0.358 e. The van der Waals surface area contributed by atoms with Crippen molar-refractivity contribution in [1.82, 2.24) is 4.98 Å². The summed E-state index contributed by atoms with van der Waals surface area (Å²) >= 11 is 5.72. The van der Waals surface area contributed by atoms with Gasteiger partial charge in [-0.1, -0.05) is 17.5 Å². The lowest BCUT2D eigenvalue weighted by atomic mass is 10.1. The Balaban J connectivity index is 2.59. The molecular weight excluding hydrogens is 198 g/mol. The van der Waals surface area contributed by atoms with Gasteiger partial charge >= 0.3 is 0 Å². The van der Waals surface area contributed by atoms with E-state index < -0.39 is 5.60 Å². The quantitative estimate of drug-likeness (QED) is 0.564. The third-order valence-corrected chi connectivity index (χ3v) is 1.94. The standard InChI is InChI=1S/C11H12ClNO/c1-4-11(2,3)14-8-9-5-6-13-10(12)7-9/h1,5-7H,8H2,2-3H3. The molecule has 0 radical (unpaired) electrons. The minimum Gasteiger partial charge on any atom is -0.358 e. The van der Waals surface area contributed by atoms with Crippen molar-refractivity contribution in [3.8, 4) is 12.3 Å². The van der Waals surface area contributed by atoms with E-state index in [-0.39, 0.29) is 0 Å². The van der Waals surface area contributed by atoms with Crippen LogP contribution in [0.25, 0.3) is 0 Å². The maximum atomic E-state index is 5.72. The Morgan fingerprint density at radius 3 is 2.93 bits per heavy atom. The molecule has 0 N–H and O–H groups in total. The van der Waals surface area contributed by atoms with Gasteiger partial charge in [0.15, 0.2) is 0 Å². The van der Waals surface area contributed by atoms with E-state index in [1.165, 1.54) is 0 Å². The van der Waals surface area contributed by atoms with Gasteiger partial charge in [0.25, 0.3) is 0 Å². The first-order valence-electron chi connectivity index (χ1n) is 4.26. The van der Waals surface area contributed by atoms with Gasteiger partial charge in [-0.25, -0.2) is 4.98 Å². The summed E-state index contributed by atoms with van der Waals surface area (Å²) in [5, 5.41) is 0.463. The number of hydrogen-bond donors (Lipinski definition) is 0. The van der Waals surface area contributed by atoms with Crippen LogP contribution in [0.1, 0.15) is 19.4 Å². The minimum atomic E-state index is -0.546. The topological polar surface area (TPSA) is 22.1 Å². The summed E-state index contributed by atoms with van der Waals surface area (Å²) in [6.45, 7) is 4.13. The van der Waals surface area contributed by atoms with Crippen molar-refractivity contribution in [2.75, 3.05) is 0 Å². The highest BCUT2D eigenvalue weighted by Gasteiger charge is 2.13. The molecule has 1 rings (SSSR count). The zero-order chi connectivity index (χ0) is 10.6. The lowest BCUT2D eigenvalue weighted by Crippen LogP contribution is -2.21. The molecule has 0 saturated heterocycles. The highest BCUT2D eigenvalue weighted by Crippen LogP contribution is 2.13. The lowest BCUT2D eigenvalue weighted by molar-refractivity contribution is 0.0145. The number of nitrogens with zero attached hydrogens (tertiary/aromatic N) is 1. The van der Waals surface area contributed by atoms with Crippen LogP contribution in [-0.4, -0.2) is 10.6 Å². The van der Waals surface area contributed by atoms with Crippen molar-refractivity contribution < 1.29 is 4.74 Å². The zero-order valence-electron chi connectivity index (χ0n) is 8.25. The average molecular weight is 210 g/mol. The van der Waals surface area contributed by atoms with Crippen LogP contribution in [0.4, 0.5) is 0 Å². The fourth-order valence-electron chi connectivity index (χ4n) is 0.838. The molecule has 0 bridgehead atoms. The highest BCUT2D eigenvalue weighted by molar-refractivity contribution is 6.29. The van der Waals surface area contributed by atoms with Gasteiger partial charge in [0.05, 0.1) is 6.61 Å². The smallest absolute Gasteiger partial charge is 0.129 e. The zero-order valence-corrected chi connectivity index (χ0v) is 9.01. The van der Waals surface area contributed by atoms with Crippen LogP contribution in [0.2, 0.25) is 5.15 Å². The molecule has 0 fully saturated rings. The molecule has 1 heterocycles. The molecular formula is C11H12ClNO. The van der Waals surface area contributed by atoms with Gasteiger partial charge < -0.3 is 4.74 Å². The summed E-state index contributed by atoms with van der Waals surface area (Å²) in [6.07, 6.45) is 6.93. The van der Waals surface area contributed by atoms with E-state index in [0.717, 1.165) is 5.56 Å². The molecule has 0 aliphatic carbocycles. The van der Waals surface area contributed by atoms with Crippen molar-refractivity contribution in [1.29, 1.82) is 0 Å². The summed E-state index contributed by atoms with van der Waals surface area (Å²) in [4.78, 5) is 3.87. The van der Waals surface area contributed by atoms with Crippen LogP contribution in [0.15, 0.2) is 18.3 Å². The molecule has 0 aromatic carbocycles. The summed E-state index contributed by atoms with van der Waals surface area (Å²) in [6, 6.07) is 3.60. The van der Waals surface area contributed by atoms with Gasteiger partial charge in [-0.15, -0.1) is 6.42 Å². The van der Waals surface area contributed by atoms with E-state index in [4.69, 9.17) is 22.8 Å². The van der Waals surface area contributed by atoms with Crippen molar-refractivity contribution in [2.45, 2.75) is 26.1 Å². The van der Waals surface area contributed by atoms with Crippen molar-refractivity contribution >= 4 is 11.6 Å². The van der Waals surface area contributed by atoms with Crippen LogP contribution in [0.5, 0.6) is 0 Å². The molecule has 14 heavy (non-hydrogen) atoms. The van der Waals surface area contributed by atoms with E-state index in [9.17, 15) is 0 Å². The number of halogens is 1. The molecule has 1 aromatic rings. The number of terminal acetylenes is 1. The highest BCUT2D eigenvalue weighted by atomic mass is 35.5. The van der Waals surface area contributed by atoms with Gasteiger partial charge in [-0.3, -0.25) is 0 Å². The first kappa shape index (κ1) is 11.0. The van der Waals surface area contributed by atoms with Gasteiger partial charge in [-0.2, -0.15) is 0 Å². The van der Waals surface area contributed by atoms with Crippen molar-refractivity contribution in [2.24, 2.45) is 0 Å². The van der Waals surface area contributed by atoms with Crippen LogP contribution in [0, 0.1) is 12.3 Å². The Hall–Kier alpha value is -1.04. The maximum absolute atomic E-state index is 5.72. The Morgan fingerprint density at radius 2 is 2.36 bits per heavy atom. The molecule has 2 nitrogen and oxygen atoms in total. The number of pyridine rings is 1. The first-order valence-corrected chi connectivity index (χ1v) is 4.63. The second-order valence-corrected chi connectivity index (χ2v) is 3.82. The van der Waals surface area contributed by atoms with E-state index in [0.29, 0.717) is 11.8 Å². The van der Waals surface area contributed by atoms with E-state index in [1.807, 2.05) is 19.9 Å². The Kier molecular flexibility index (Phi) is 3.51. The fraction of sp³-hybridized carbons (Fsp3) is 0.364. The van der Waals surface area contributed by atoms with Crippen LogP contribution >= 0.6 is 11.6 Å². The predicted molar refractivity (Wildman–Crippen MR) is 56.9 cm³/mol. The van der Waals surface area contributed by atoms with Gasteiger partial charge in [0, 0.05) is 6.20 Å². The summed E-state index contributed by atoms with van der Waals surface area (Å²) in [5.41, 5.74) is 0.420. The Bertz CT molecular complexity index is 355. The summed E-state index contributed by atoms with van der Waals surface area (Å²) < 4.78 is 5.50. The summed E-state index contributed by atoms with van der Waals surface area (Å²) in [7, 11) is 0. The van der Waals surface area contributed by atoms with E-state index in [1.54, 1.807) is 12.3 Å². The van der Waals surface area contributed by atoms with Gasteiger partial charge in [0.1, 0.15) is 10.8 Å². The SMILES string of the molecule is C#CC(C)(C)OCc1ccnc(Cl)c1. The van der Waals surface area contributed by atoms with E-state index in [2.05, 4.69) is 10.9 Å². The number of hydrogen-bond acceptors (Lipinski definition) is 2. The van der Waals surface area contributed by atoms with Crippen LogP contribution in [0.3, 0.4) is 0 Å². The lowest BCUT2D eigenvalue weighted by Gasteiger charge is -2.18. The van der Waals surface area contributed by atoms with E-state index >= 15 is 0 Å². The molecule has 0 unspecified atom stereocenters. The molecule has 0 atom stereocenters.